The van der Waals surface area contributed by atoms with E-state index in [1.807, 2.05) is 12.1 Å². The average molecular weight is 448 g/mol. The number of nitrogens with zero attached hydrogens (tertiary/aromatic N) is 1. The Kier molecular flexibility index (Phi) is 5.72. The van der Waals surface area contributed by atoms with E-state index in [-0.39, 0.29) is 17.9 Å². The molecule has 0 bridgehead atoms. The Hall–Kier alpha value is -3.09. The average Bonchev–Trinajstić information content (AvgIpc) is 3.25. The zero-order valence-corrected chi connectivity index (χ0v) is 19.5. The number of hydrogen-bond acceptors (Lipinski definition) is 5. The molecule has 1 fully saturated rings. The molecule has 0 saturated carbocycles. The lowest BCUT2D eigenvalue weighted by Crippen LogP contribution is -2.39. The van der Waals surface area contributed by atoms with E-state index in [9.17, 15) is 4.39 Å². The summed E-state index contributed by atoms with van der Waals surface area (Å²) in [4.78, 5) is 2.37. The summed E-state index contributed by atoms with van der Waals surface area (Å²) in [5, 5.41) is 0. The third-order valence-corrected chi connectivity index (χ3v) is 7.07. The third-order valence-electron chi connectivity index (χ3n) is 7.07. The number of hydrazine groups is 1. The predicted octanol–water partition coefficient (Wildman–Crippen LogP) is 4.99. The van der Waals surface area contributed by atoms with Crippen molar-refractivity contribution in [2.75, 3.05) is 25.7 Å². The largest absolute Gasteiger partial charge is 0.493 e. The van der Waals surface area contributed by atoms with Gasteiger partial charge in [0, 0.05) is 30.8 Å². The summed E-state index contributed by atoms with van der Waals surface area (Å²) in [5.41, 5.74) is 14.3. The second kappa shape index (κ2) is 8.69. The molecule has 172 valence electrons. The van der Waals surface area contributed by atoms with E-state index in [2.05, 4.69) is 59.9 Å². The van der Waals surface area contributed by atoms with Crippen molar-refractivity contribution in [2.24, 2.45) is 5.92 Å². The van der Waals surface area contributed by atoms with Gasteiger partial charge in [-0.1, -0.05) is 30.3 Å². The smallest absolute Gasteiger partial charge is 0.162 e. The minimum absolute atomic E-state index is 0.135. The molecule has 5 nitrogen and oxygen atoms in total. The maximum absolute atomic E-state index is 13.5. The Morgan fingerprint density at radius 1 is 0.879 bits per heavy atom. The minimum atomic E-state index is -0.219. The molecule has 3 atom stereocenters. The Bertz CT molecular complexity index is 1160. The zero-order valence-electron chi connectivity index (χ0n) is 19.5. The van der Waals surface area contributed by atoms with Crippen molar-refractivity contribution in [3.05, 3.63) is 88.2 Å². The molecule has 0 aromatic heterocycles. The van der Waals surface area contributed by atoms with Crippen LogP contribution in [-0.2, 0) is 6.54 Å². The fraction of sp³-hybridized carbons (Fsp3) is 0.333. The first-order valence-corrected chi connectivity index (χ1v) is 11.3. The van der Waals surface area contributed by atoms with Crippen LogP contribution in [0.4, 0.5) is 10.1 Å². The van der Waals surface area contributed by atoms with Gasteiger partial charge in [-0.05, 0) is 59.9 Å². The van der Waals surface area contributed by atoms with E-state index in [0.717, 1.165) is 23.5 Å². The molecule has 1 saturated heterocycles. The molecule has 2 aliphatic rings. The van der Waals surface area contributed by atoms with Crippen LogP contribution in [0, 0.1) is 25.6 Å². The predicted molar refractivity (Wildman–Crippen MR) is 128 cm³/mol. The summed E-state index contributed by atoms with van der Waals surface area (Å²) in [7, 11) is 3.32. The molecule has 3 aromatic carbocycles. The number of nitrogens with one attached hydrogen (secondary N) is 2. The number of benzene rings is 3. The fourth-order valence-corrected chi connectivity index (χ4v) is 5.11. The van der Waals surface area contributed by atoms with Gasteiger partial charge in [0.05, 0.1) is 26.3 Å². The first-order valence-electron chi connectivity index (χ1n) is 11.3. The summed E-state index contributed by atoms with van der Waals surface area (Å²) in [6.07, 6.45) is 0. The van der Waals surface area contributed by atoms with Crippen LogP contribution in [0.15, 0.2) is 54.6 Å². The van der Waals surface area contributed by atoms with Gasteiger partial charge in [0.25, 0.3) is 0 Å². The Morgan fingerprint density at radius 2 is 1.58 bits per heavy atom. The highest BCUT2D eigenvalue weighted by molar-refractivity contribution is 5.65. The second-order valence-electron chi connectivity index (χ2n) is 9.02. The van der Waals surface area contributed by atoms with Crippen molar-refractivity contribution in [1.29, 1.82) is 0 Å². The Balaban J connectivity index is 1.56. The molecule has 2 heterocycles. The molecule has 0 amide bonds. The van der Waals surface area contributed by atoms with Gasteiger partial charge in [-0.15, -0.1) is 0 Å². The van der Waals surface area contributed by atoms with Gasteiger partial charge >= 0.3 is 0 Å². The van der Waals surface area contributed by atoms with Gasteiger partial charge in [-0.2, -0.15) is 0 Å². The summed E-state index contributed by atoms with van der Waals surface area (Å²) < 4.78 is 24.7. The van der Waals surface area contributed by atoms with E-state index in [1.165, 1.54) is 34.4 Å². The number of methoxy groups -OCH3 is 2. The number of halogens is 1. The molecule has 5 rings (SSSR count). The van der Waals surface area contributed by atoms with Crippen molar-refractivity contribution in [3.8, 4) is 11.5 Å². The van der Waals surface area contributed by atoms with Crippen LogP contribution in [-0.4, -0.2) is 20.8 Å². The van der Waals surface area contributed by atoms with E-state index < -0.39 is 0 Å². The standard InChI is InChI=1S/C27H30FN3O2/c1-16-5-8-19(11-17(16)2)26-22-15-31(14-18-6-9-20(28)10-7-18)23-13-25(33-4)24(32-3)12-21(23)27(22)30-29-26/h5-13,22,26-27,29-30H,14-15H2,1-4H3. The molecule has 0 spiro atoms. The molecule has 0 aliphatic carbocycles. The number of aryl methyl sites for hydroxylation is 2. The summed E-state index contributed by atoms with van der Waals surface area (Å²) >= 11 is 0. The van der Waals surface area contributed by atoms with E-state index >= 15 is 0 Å². The number of rotatable bonds is 5. The van der Waals surface area contributed by atoms with Crippen LogP contribution in [0.3, 0.4) is 0 Å². The highest BCUT2D eigenvalue weighted by atomic mass is 19.1. The molecular formula is C27H30FN3O2. The second-order valence-corrected chi connectivity index (χ2v) is 9.02. The lowest BCUT2D eigenvalue weighted by molar-refractivity contribution is 0.350. The maximum Gasteiger partial charge on any atom is 0.162 e. The van der Waals surface area contributed by atoms with Crippen LogP contribution in [0.5, 0.6) is 11.5 Å². The first-order chi connectivity index (χ1) is 16.0. The van der Waals surface area contributed by atoms with Gasteiger partial charge in [0.15, 0.2) is 11.5 Å². The SMILES string of the molecule is COc1cc2c(cc1OC)N(Cc1ccc(F)cc1)CC1C(c3ccc(C)c(C)c3)NNC21. The summed E-state index contributed by atoms with van der Waals surface area (Å²) in [6.45, 7) is 5.84. The van der Waals surface area contributed by atoms with Gasteiger partial charge in [-0.25, -0.2) is 15.2 Å². The van der Waals surface area contributed by atoms with Crippen molar-refractivity contribution in [2.45, 2.75) is 32.5 Å². The van der Waals surface area contributed by atoms with Crippen molar-refractivity contribution >= 4 is 5.69 Å². The van der Waals surface area contributed by atoms with Crippen molar-refractivity contribution < 1.29 is 13.9 Å². The summed E-state index contributed by atoms with van der Waals surface area (Å²) in [6, 6.07) is 17.9. The van der Waals surface area contributed by atoms with Crippen molar-refractivity contribution in [3.63, 3.8) is 0 Å². The van der Waals surface area contributed by atoms with E-state index in [0.29, 0.717) is 18.2 Å². The summed E-state index contributed by atoms with van der Waals surface area (Å²) in [5.74, 6) is 1.51. The zero-order chi connectivity index (χ0) is 23.1. The van der Waals surface area contributed by atoms with Gasteiger partial charge in [0.2, 0.25) is 0 Å². The normalized spacial score (nSPS) is 21.5. The Morgan fingerprint density at radius 3 is 2.27 bits per heavy atom. The van der Waals surface area contributed by atoms with Crippen LogP contribution in [0.25, 0.3) is 0 Å². The van der Waals surface area contributed by atoms with Gasteiger partial charge in [-0.3, -0.25) is 0 Å². The van der Waals surface area contributed by atoms with E-state index in [4.69, 9.17) is 9.47 Å². The minimum Gasteiger partial charge on any atom is -0.493 e. The van der Waals surface area contributed by atoms with Crippen LogP contribution >= 0.6 is 0 Å². The highest BCUT2D eigenvalue weighted by Gasteiger charge is 2.43. The molecular weight excluding hydrogens is 417 g/mol. The molecule has 3 unspecified atom stereocenters. The lowest BCUT2D eigenvalue weighted by Gasteiger charge is -2.39. The topological polar surface area (TPSA) is 45.8 Å². The number of hydrogen-bond donors (Lipinski definition) is 2. The highest BCUT2D eigenvalue weighted by Crippen LogP contribution is 2.49. The number of anilines is 1. The maximum atomic E-state index is 13.5. The molecule has 2 aliphatic heterocycles. The van der Waals surface area contributed by atoms with Crippen LogP contribution in [0.2, 0.25) is 0 Å². The lowest BCUT2D eigenvalue weighted by atomic mass is 9.81. The third kappa shape index (κ3) is 3.94. The van der Waals surface area contributed by atoms with Crippen LogP contribution < -0.4 is 25.2 Å². The van der Waals surface area contributed by atoms with Gasteiger partial charge in [0.1, 0.15) is 5.82 Å². The number of fused-ring (bicyclic) bond motifs is 3. The molecule has 33 heavy (non-hydrogen) atoms. The molecule has 6 heteroatoms. The van der Waals surface area contributed by atoms with Crippen molar-refractivity contribution in [1.82, 2.24) is 10.9 Å². The first kappa shape index (κ1) is 21.7. The fourth-order valence-electron chi connectivity index (χ4n) is 5.11. The molecule has 2 N–H and O–H groups in total. The molecule has 0 radical (unpaired) electrons. The van der Waals surface area contributed by atoms with Gasteiger partial charge < -0.3 is 14.4 Å². The monoisotopic (exact) mass is 447 g/mol. The Labute approximate surface area is 194 Å². The quantitative estimate of drug-likeness (QED) is 0.577. The molecule has 3 aromatic rings. The van der Waals surface area contributed by atoms with Crippen LogP contribution in [0.1, 0.15) is 39.9 Å². The number of ether oxygens (including phenoxy) is 2. The van der Waals surface area contributed by atoms with E-state index in [1.54, 1.807) is 14.2 Å².